The van der Waals surface area contributed by atoms with Crippen molar-refractivity contribution in [1.29, 1.82) is 0 Å². The molecule has 0 radical (unpaired) electrons. The monoisotopic (exact) mass is 388 g/mol. The third-order valence-electron chi connectivity index (χ3n) is 3.55. The van der Waals surface area contributed by atoms with Gasteiger partial charge in [0.15, 0.2) is 0 Å². The van der Waals surface area contributed by atoms with Gasteiger partial charge < -0.3 is 15.2 Å². The minimum absolute atomic E-state index is 0.242. The summed E-state index contributed by atoms with van der Waals surface area (Å²) < 4.78 is 25.5. The molecule has 1 aliphatic rings. The van der Waals surface area contributed by atoms with E-state index in [4.69, 9.17) is 15.2 Å². The molecule has 2 unspecified atom stereocenters. The molecule has 0 spiro atoms. The van der Waals surface area contributed by atoms with Crippen LogP contribution in [-0.2, 0) is 9.47 Å². The number of amides is 1. The molecule has 5 nitrogen and oxygen atoms in total. The Morgan fingerprint density at radius 3 is 2.87 bits per heavy atom. The van der Waals surface area contributed by atoms with Gasteiger partial charge in [-0.25, -0.2) is 9.18 Å². The number of benzene rings is 1. The van der Waals surface area contributed by atoms with Gasteiger partial charge >= 0.3 is 6.09 Å². The lowest BCUT2D eigenvalue weighted by atomic mass is 9.98. The van der Waals surface area contributed by atoms with Gasteiger partial charge in [0.25, 0.3) is 0 Å². The number of ether oxygens (including phenoxy) is 2. The van der Waals surface area contributed by atoms with E-state index in [0.717, 1.165) is 0 Å². The fraction of sp³-hybridized carbons (Fsp3) is 0.562. The Morgan fingerprint density at radius 2 is 2.22 bits per heavy atom. The quantitative estimate of drug-likeness (QED) is 0.844. The Kier molecular flexibility index (Phi) is 5.65. The predicted octanol–water partition coefficient (Wildman–Crippen LogP) is 3.22. The molecule has 1 saturated heterocycles. The van der Waals surface area contributed by atoms with Crippen LogP contribution in [0.1, 0.15) is 32.4 Å². The molecule has 23 heavy (non-hydrogen) atoms. The first-order chi connectivity index (χ1) is 10.7. The van der Waals surface area contributed by atoms with Crippen LogP contribution >= 0.6 is 15.9 Å². The third-order valence-corrected chi connectivity index (χ3v) is 4.16. The Morgan fingerprint density at radius 1 is 1.52 bits per heavy atom. The first-order valence-electron chi connectivity index (χ1n) is 7.47. The van der Waals surface area contributed by atoms with Gasteiger partial charge in [-0.05, 0) is 42.8 Å². The van der Waals surface area contributed by atoms with Crippen LogP contribution in [0.15, 0.2) is 22.7 Å². The van der Waals surface area contributed by atoms with E-state index < -0.39 is 29.6 Å². The zero-order valence-corrected chi connectivity index (χ0v) is 15.1. The molecule has 1 aromatic rings. The van der Waals surface area contributed by atoms with Crippen LogP contribution in [0, 0.1) is 5.82 Å². The van der Waals surface area contributed by atoms with E-state index in [1.54, 1.807) is 39.0 Å². The van der Waals surface area contributed by atoms with Crippen LogP contribution in [-0.4, -0.2) is 42.4 Å². The topological polar surface area (TPSA) is 64.8 Å². The lowest BCUT2D eigenvalue weighted by Gasteiger charge is -2.39. The van der Waals surface area contributed by atoms with Crippen molar-refractivity contribution in [3.63, 3.8) is 0 Å². The minimum atomic E-state index is -0.708. The summed E-state index contributed by atoms with van der Waals surface area (Å²) in [5.41, 5.74) is 5.97. The lowest BCUT2D eigenvalue weighted by molar-refractivity contribution is -0.0384. The van der Waals surface area contributed by atoms with Crippen molar-refractivity contribution in [3.8, 4) is 0 Å². The van der Waals surface area contributed by atoms with Gasteiger partial charge in [-0.15, -0.1) is 0 Å². The Bertz CT molecular complexity index is 577. The lowest BCUT2D eigenvalue weighted by Crippen LogP contribution is -2.54. The molecule has 1 fully saturated rings. The number of nitrogens with zero attached hydrogens (tertiary/aromatic N) is 1. The highest BCUT2D eigenvalue weighted by molar-refractivity contribution is 9.10. The summed E-state index contributed by atoms with van der Waals surface area (Å²) in [4.78, 5) is 13.9. The summed E-state index contributed by atoms with van der Waals surface area (Å²) in [6.07, 6.45) is -0.461. The van der Waals surface area contributed by atoms with E-state index >= 15 is 0 Å². The van der Waals surface area contributed by atoms with Crippen LogP contribution in [0.2, 0.25) is 0 Å². The highest BCUT2D eigenvalue weighted by atomic mass is 79.9. The smallest absolute Gasteiger partial charge is 0.410 e. The number of halogens is 2. The second-order valence-electron chi connectivity index (χ2n) is 6.48. The van der Waals surface area contributed by atoms with Crippen LogP contribution in [0.5, 0.6) is 0 Å². The van der Waals surface area contributed by atoms with E-state index in [1.165, 1.54) is 4.90 Å². The second kappa shape index (κ2) is 7.15. The first kappa shape index (κ1) is 18.2. The van der Waals surface area contributed by atoms with Gasteiger partial charge in [-0.2, -0.15) is 0 Å². The fourth-order valence-corrected chi connectivity index (χ4v) is 2.83. The van der Waals surface area contributed by atoms with Crippen LogP contribution in [0.3, 0.4) is 0 Å². The van der Waals surface area contributed by atoms with E-state index in [2.05, 4.69) is 15.9 Å². The maximum Gasteiger partial charge on any atom is 0.410 e. The van der Waals surface area contributed by atoms with Crippen molar-refractivity contribution >= 4 is 22.0 Å². The molecule has 2 rings (SSSR count). The van der Waals surface area contributed by atoms with E-state index in [1.807, 2.05) is 0 Å². The molecule has 0 aromatic heterocycles. The molecule has 7 heteroatoms. The Balaban J connectivity index is 2.23. The van der Waals surface area contributed by atoms with Crippen LogP contribution < -0.4 is 5.73 Å². The molecule has 2 atom stereocenters. The summed E-state index contributed by atoms with van der Waals surface area (Å²) in [6, 6.07) is 3.74. The fourth-order valence-electron chi connectivity index (χ4n) is 2.45. The Hall–Kier alpha value is -1.18. The molecule has 0 bridgehead atoms. The van der Waals surface area contributed by atoms with Crippen molar-refractivity contribution < 1.29 is 18.7 Å². The SMILES string of the molecule is CC(C)(C)OC(=O)N1CCOCC1C(N)c1cccc(Br)c1F. The number of morpholine rings is 1. The maximum absolute atomic E-state index is 14.3. The average Bonchev–Trinajstić information content (AvgIpc) is 2.47. The zero-order valence-electron chi connectivity index (χ0n) is 13.5. The van der Waals surface area contributed by atoms with Crippen LogP contribution in [0.25, 0.3) is 0 Å². The summed E-state index contributed by atoms with van der Waals surface area (Å²) in [5, 5.41) is 0. The molecule has 128 valence electrons. The minimum Gasteiger partial charge on any atom is -0.444 e. The van der Waals surface area contributed by atoms with Gasteiger partial charge in [-0.1, -0.05) is 12.1 Å². The standard InChI is InChI=1S/C16H22BrFN2O3/c1-16(2,3)23-15(21)20-7-8-22-9-12(20)14(19)10-5-4-6-11(17)13(10)18/h4-6,12,14H,7-9,19H2,1-3H3. The van der Waals surface area contributed by atoms with Gasteiger partial charge in [0, 0.05) is 12.1 Å². The molecule has 2 N–H and O–H groups in total. The molecular formula is C16H22BrFN2O3. The maximum atomic E-state index is 14.3. The van der Waals surface area contributed by atoms with E-state index in [9.17, 15) is 9.18 Å². The van der Waals surface area contributed by atoms with Crippen molar-refractivity contribution in [3.05, 3.63) is 34.1 Å². The van der Waals surface area contributed by atoms with E-state index in [0.29, 0.717) is 23.2 Å². The molecule has 1 heterocycles. The number of carbonyl (C=O) groups is 1. The number of nitrogens with two attached hydrogens (primary N) is 1. The second-order valence-corrected chi connectivity index (χ2v) is 7.34. The van der Waals surface area contributed by atoms with E-state index in [-0.39, 0.29) is 6.61 Å². The predicted molar refractivity (Wildman–Crippen MR) is 88.6 cm³/mol. The molecule has 0 saturated carbocycles. The zero-order chi connectivity index (χ0) is 17.2. The molecule has 1 amide bonds. The van der Waals surface area contributed by atoms with Gasteiger partial charge in [0.1, 0.15) is 11.4 Å². The van der Waals surface area contributed by atoms with Gasteiger partial charge in [0.2, 0.25) is 0 Å². The molecular weight excluding hydrogens is 367 g/mol. The summed E-state index contributed by atoms with van der Waals surface area (Å²) >= 11 is 3.16. The summed E-state index contributed by atoms with van der Waals surface area (Å²) in [6.45, 7) is 6.41. The number of carbonyl (C=O) groups excluding carboxylic acids is 1. The average molecular weight is 389 g/mol. The van der Waals surface area contributed by atoms with Crippen molar-refractivity contribution in [2.45, 2.75) is 38.5 Å². The number of hydrogen-bond donors (Lipinski definition) is 1. The summed E-state index contributed by atoms with van der Waals surface area (Å²) in [5.74, 6) is -0.422. The van der Waals surface area contributed by atoms with Crippen LogP contribution in [0.4, 0.5) is 9.18 Å². The van der Waals surface area contributed by atoms with Gasteiger partial charge in [0.05, 0.1) is 29.8 Å². The first-order valence-corrected chi connectivity index (χ1v) is 8.27. The number of rotatable bonds is 2. The van der Waals surface area contributed by atoms with Gasteiger partial charge in [-0.3, -0.25) is 4.90 Å². The molecule has 1 aliphatic heterocycles. The third kappa shape index (κ3) is 4.43. The number of hydrogen-bond acceptors (Lipinski definition) is 4. The highest BCUT2D eigenvalue weighted by Crippen LogP contribution is 2.28. The Labute approximate surface area is 144 Å². The largest absolute Gasteiger partial charge is 0.444 e. The van der Waals surface area contributed by atoms with Crippen molar-refractivity contribution in [1.82, 2.24) is 4.90 Å². The van der Waals surface area contributed by atoms with Crippen molar-refractivity contribution in [2.75, 3.05) is 19.8 Å². The highest BCUT2D eigenvalue weighted by Gasteiger charge is 2.36. The van der Waals surface area contributed by atoms with Crippen molar-refractivity contribution in [2.24, 2.45) is 5.73 Å². The molecule has 0 aliphatic carbocycles. The molecule has 1 aromatic carbocycles. The summed E-state index contributed by atoms with van der Waals surface area (Å²) in [7, 11) is 0. The normalized spacial score (nSPS) is 20.3.